The molecule has 2 N–H and O–H groups in total. The number of Topliss-reactive ketones (excluding diaryl/α,β-unsaturated/α-hetero) is 1. The summed E-state index contributed by atoms with van der Waals surface area (Å²) in [6.45, 7) is 0.860. The smallest absolute Gasteiger partial charge is 0.162 e. The van der Waals surface area contributed by atoms with E-state index in [0.29, 0.717) is 23.9 Å². The number of ether oxygens (including phenoxy) is 2. The fourth-order valence-electron chi connectivity index (χ4n) is 1.42. The van der Waals surface area contributed by atoms with Crippen LogP contribution in [0.3, 0.4) is 0 Å². The summed E-state index contributed by atoms with van der Waals surface area (Å²) < 4.78 is 10.2. The number of methoxy groups -OCH3 is 1. The van der Waals surface area contributed by atoms with Crippen LogP contribution in [0, 0.1) is 0 Å². The Morgan fingerprint density at radius 3 is 2.88 bits per heavy atom. The van der Waals surface area contributed by atoms with E-state index in [1.807, 2.05) is 0 Å². The van der Waals surface area contributed by atoms with E-state index in [0.717, 1.165) is 5.56 Å². The van der Waals surface area contributed by atoms with Crippen molar-refractivity contribution < 1.29 is 14.3 Å². The minimum absolute atomic E-state index is 0.0287. The molecule has 1 aromatic carbocycles. The third kappa shape index (κ3) is 4.73. The van der Waals surface area contributed by atoms with Gasteiger partial charge in [0.15, 0.2) is 5.78 Å². The molecule has 0 radical (unpaired) electrons. The van der Waals surface area contributed by atoms with Crippen molar-refractivity contribution in [1.29, 1.82) is 0 Å². The van der Waals surface area contributed by atoms with Crippen LogP contribution in [0.2, 0.25) is 5.02 Å². The molecule has 0 aliphatic rings. The molecule has 1 rings (SSSR count). The molecule has 0 unspecified atom stereocenters. The fourth-order valence-corrected chi connectivity index (χ4v) is 1.61. The lowest BCUT2D eigenvalue weighted by molar-refractivity contribution is -0.122. The SMILES string of the molecule is COc1ccc(Cl)cc1CC(=O)COCCN. The van der Waals surface area contributed by atoms with Gasteiger partial charge >= 0.3 is 0 Å². The molecule has 5 heteroatoms. The summed E-state index contributed by atoms with van der Waals surface area (Å²) in [5.74, 6) is 0.626. The van der Waals surface area contributed by atoms with Gasteiger partial charge in [-0.1, -0.05) is 11.6 Å². The lowest BCUT2D eigenvalue weighted by Crippen LogP contribution is -2.16. The van der Waals surface area contributed by atoms with Crippen molar-refractivity contribution in [1.82, 2.24) is 0 Å². The molecule has 17 heavy (non-hydrogen) atoms. The maximum atomic E-state index is 11.6. The van der Waals surface area contributed by atoms with E-state index in [-0.39, 0.29) is 18.8 Å². The lowest BCUT2D eigenvalue weighted by atomic mass is 10.1. The Morgan fingerprint density at radius 1 is 1.47 bits per heavy atom. The molecule has 0 aromatic heterocycles. The molecule has 0 aliphatic heterocycles. The number of hydrogen-bond acceptors (Lipinski definition) is 4. The van der Waals surface area contributed by atoms with Crippen molar-refractivity contribution in [2.24, 2.45) is 5.73 Å². The average Bonchev–Trinajstić information content (AvgIpc) is 2.29. The van der Waals surface area contributed by atoms with Gasteiger partial charge in [0.1, 0.15) is 12.4 Å². The molecule has 0 aliphatic carbocycles. The Bertz CT molecular complexity index is 382. The van der Waals surface area contributed by atoms with Gasteiger partial charge in [-0.2, -0.15) is 0 Å². The normalized spacial score (nSPS) is 10.3. The maximum Gasteiger partial charge on any atom is 0.162 e. The number of hydrogen-bond donors (Lipinski definition) is 1. The molecule has 94 valence electrons. The standard InChI is InChI=1S/C12H16ClNO3/c1-16-12-3-2-10(13)6-9(12)7-11(15)8-17-5-4-14/h2-3,6H,4-5,7-8,14H2,1H3. The van der Waals surface area contributed by atoms with Gasteiger partial charge in [-0.15, -0.1) is 0 Å². The largest absolute Gasteiger partial charge is 0.496 e. The third-order valence-corrected chi connectivity index (χ3v) is 2.39. The highest BCUT2D eigenvalue weighted by Crippen LogP contribution is 2.23. The van der Waals surface area contributed by atoms with E-state index in [9.17, 15) is 4.79 Å². The van der Waals surface area contributed by atoms with Gasteiger partial charge < -0.3 is 15.2 Å². The first-order valence-corrected chi connectivity index (χ1v) is 5.67. The van der Waals surface area contributed by atoms with Gasteiger partial charge in [0, 0.05) is 23.6 Å². The highest BCUT2D eigenvalue weighted by molar-refractivity contribution is 6.30. The Labute approximate surface area is 106 Å². The second-order valence-corrected chi connectivity index (χ2v) is 3.95. The van der Waals surface area contributed by atoms with Crippen molar-refractivity contribution in [3.05, 3.63) is 28.8 Å². The van der Waals surface area contributed by atoms with Crippen molar-refractivity contribution in [2.45, 2.75) is 6.42 Å². The van der Waals surface area contributed by atoms with Crippen LogP contribution >= 0.6 is 11.6 Å². The summed E-state index contributed by atoms with van der Waals surface area (Å²) in [4.78, 5) is 11.6. The molecule has 0 amide bonds. The monoisotopic (exact) mass is 257 g/mol. The second kappa shape index (κ2) is 7.27. The summed E-state index contributed by atoms with van der Waals surface area (Å²) in [5, 5.41) is 0.580. The first-order chi connectivity index (χ1) is 8.17. The Balaban J connectivity index is 2.60. The van der Waals surface area contributed by atoms with Crippen molar-refractivity contribution in [3.63, 3.8) is 0 Å². The Kier molecular flexibility index (Phi) is 5.97. The molecule has 0 fully saturated rings. The summed E-state index contributed by atoms with van der Waals surface area (Å²) >= 11 is 5.87. The molecule has 1 aromatic rings. The van der Waals surface area contributed by atoms with Gasteiger partial charge in [-0.3, -0.25) is 4.79 Å². The Hall–Kier alpha value is -1.10. The minimum Gasteiger partial charge on any atom is -0.496 e. The summed E-state index contributed by atoms with van der Waals surface area (Å²) in [6, 6.07) is 5.19. The zero-order chi connectivity index (χ0) is 12.7. The van der Waals surface area contributed by atoms with Crippen molar-refractivity contribution in [2.75, 3.05) is 26.9 Å². The van der Waals surface area contributed by atoms with Crippen LogP contribution in [0.1, 0.15) is 5.56 Å². The lowest BCUT2D eigenvalue weighted by Gasteiger charge is -2.08. The van der Waals surface area contributed by atoms with Gasteiger partial charge in [-0.25, -0.2) is 0 Å². The van der Waals surface area contributed by atoms with Crippen LogP contribution < -0.4 is 10.5 Å². The third-order valence-electron chi connectivity index (χ3n) is 2.16. The average molecular weight is 258 g/mol. The highest BCUT2D eigenvalue weighted by atomic mass is 35.5. The van der Waals surface area contributed by atoms with Gasteiger partial charge in [0.25, 0.3) is 0 Å². The quantitative estimate of drug-likeness (QED) is 0.751. The number of nitrogens with two attached hydrogens (primary N) is 1. The van der Waals surface area contributed by atoms with Crippen LogP contribution in [0.5, 0.6) is 5.75 Å². The van der Waals surface area contributed by atoms with Crippen LogP contribution in [-0.4, -0.2) is 32.7 Å². The molecule has 0 bridgehead atoms. The molecular weight excluding hydrogens is 242 g/mol. The van der Waals surface area contributed by atoms with Gasteiger partial charge in [-0.05, 0) is 18.2 Å². The van der Waals surface area contributed by atoms with Gasteiger partial charge in [0.05, 0.1) is 13.7 Å². The molecule has 0 saturated carbocycles. The number of ketones is 1. The second-order valence-electron chi connectivity index (χ2n) is 3.51. The van der Waals surface area contributed by atoms with Gasteiger partial charge in [0.2, 0.25) is 0 Å². The van der Waals surface area contributed by atoms with Crippen molar-refractivity contribution >= 4 is 17.4 Å². The molecule has 0 saturated heterocycles. The van der Waals surface area contributed by atoms with E-state index >= 15 is 0 Å². The minimum atomic E-state index is -0.0287. The summed E-state index contributed by atoms with van der Waals surface area (Å²) in [6.07, 6.45) is 0.244. The van der Waals surface area contributed by atoms with Crippen LogP contribution in [0.4, 0.5) is 0 Å². The highest BCUT2D eigenvalue weighted by Gasteiger charge is 2.09. The number of rotatable bonds is 7. The summed E-state index contributed by atoms with van der Waals surface area (Å²) in [7, 11) is 1.56. The molecule has 0 atom stereocenters. The topological polar surface area (TPSA) is 61.5 Å². The number of benzene rings is 1. The van der Waals surface area contributed by atoms with E-state index in [2.05, 4.69) is 0 Å². The Morgan fingerprint density at radius 2 is 2.24 bits per heavy atom. The molecule has 0 heterocycles. The van der Waals surface area contributed by atoms with E-state index in [1.54, 1.807) is 25.3 Å². The molecule has 0 spiro atoms. The number of carbonyl (C=O) groups excluding carboxylic acids is 1. The number of halogens is 1. The van der Waals surface area contributed by atoms with E-state index in [1.165, 1.54) is 0 Å². The first kappa shape index (κ1) is 14.0. The predicted octanol–water partition coefficient (Wildman–Crippen LogP) is 1.44. The summed E-state index contributed by atoms with van der Waals surface area (Å²) in [5.41, 5.74) is 6.02. The van der Waals surface area contributed by atoms with Crippen molar-refractivity contribution in [3.8, 4) is 5.75 Å². The van der Waals surface area contributed by atoms with E-state index < -0.39 is 0 Å². The van der Waals surface area contributed by atoms with Crippen LogP contribution in [-0.2, 0) is 16.0 Å². The maximum absolute atomic E-state index is 11.6. The van der Waals surface area contributed by atoms with E-state index in [4.69, 9.17) is 26.8 Å². The molecular formula is C12H16ClNO3. The van der Waals surface area contributed by atoms with Crippen LogP contribution in [0.15, 0.2) is 18.2 Å². The first-order valence-electron chi connectivity index (χ1n) is 5.29. The predicted molar refractivity (Wildman–Crippen MR) is 66.6 cm³/mol. The van der Waals surface area contributed by atoms with Crippen LogP contribution in [0.25, 0.3) is 0 Å². The fraction of sp³-hybridized carbons (Fsp3) is 0.417. The molecule has 4 nitrogen and oxygen atoms in total. The number of carbonyl (C=O) groups is 1. The zero-order valence-corrected chi connectivity index (χ0v) is 10.5. The zero-order valence-electron chi connectivity index (χ0n) is 9.74.